The van der Waals surface area contributed by atoms with Crippen LogP contribution < -0.4 is 5.32 Å². The highest BCUT2D eigenvalue weighted by molar-refractivity contribution is 7.86. The first-order valence-electron chi connectivity index (χ1n) is 5.92. The Kier molecular flexibility index (Phi) is 7.91. The molecule has 98 valence electrons. The molecule has 0 bridgehead atoms. The number of nitrogens with zero attached hydrogens (tertiary/aromatic N) is 2. The van der Waals surface area contributed by atoms with Crippen molar-refractivity contribution in [3.05, 3.63) is 0 Å². The molecule has 1 N–H and O–H groups in total. The monoisotopic (exact) mass is 251 g/mol. The van der Waals surface area contributed by atoms with Crippen molar-refractivity contribution in [2.24, 2.45) is 0 Å². The predicted octanol–water partition coefficient (Wildman–Crippen LogP) is 0.504. The molecule has 0 aromatic heterocycles. The summed E-state index contributed by atoms with van der Waals surface area (Å²) < 4.78 is 26.9. The molecule has 0 aliphatic heterocycles. The van der Waals surface area contributed by atoms with E-state index in [4.69, 9.17) is 0 Å². The van der Waals surface area contributed by atoms with Crippen molar-refractivity contribution in [3.8, 4) is 0 Å². The van der Waals surface area contributed by atoms with Crippen LogP contribution in [0.1, 0.15) is 27.2 Å². The van der Waals surface area contributed by atoms with E-state index in [0.29, 0.717) is 19.6 Å². The van der Waals surface area contributed by atoms with E-state index in [-0.39, 0.29) is 0 Å². The van der Waals surface area contributed by atoms with Crippen LogP contribution in [-0.4, -0.2) is 56.8 Å². The second kappa shape index (κ2) is 8.00. The Hall–Kier alpha value is -0.170. The molecular formula is C10H25N3O2S. The van der Waals surface area contributed by atoms with Gasteiger partial charge >= 0.3 is 0 Å². The van der Waals surface area contributed by atoms with Gasteiger partial charge in [-0.15, -0.1) is 0 Å². The lowest BCUT2D eigenvalue weighted by Crippen LogP contribution is -2.42. The molecule has 0 rings (SSSR count). The Morgan fingerprint density at radius 3 is 2.12 bits per heavy atom. The van der Waals surface area contributed by atoms with Gasteiger partial charge in [-0.1, -0.05) is 20.8 Å². The highest BCUT2D eigenvalue weighted by atomic mass is 32.2. The number of nitrogens with one attached hydrogen (secondary N) is 1. The summed E-state index contributed by atoms with van der Waals surface area (Å²) in [6.07, 6.45) is 0.838. The summed E-state index contributed by atoms with van der Waals surface area (Å²) in [7, 11) is -1.61. The Morgan fingerprint density at radius 1 is 1.12 bits per heavy atom. The third kappa shape index (κ3) is 4.78. The van der Waals surface area contributed by atoms with E-state index in [2.05, 4.69) is 5.32 Å². The van der Waals surface area contributed by atoms with Crippen molar-refractivity contribution in [2.75, 3.05) is 39.8 Å². The highest BCUT2D eigenvalue weighted by Crippen LogP contribution is 2.05. The maximum atomic E-state index is 12.0. The first-order valence-corrected chi connectivity index (χ1v) is 7.32. The predicted molar refractivity (Wildman–Crippen MR) is 67.6 cm³/mol. The fourth-order valence-corrected chi connectivity index (χ4v) is 2.87. The molecule has 0 heterocycles. The average molecular weight is 251 g/mol. The molecule has 0 aromatic rings. The van der Waals surface area contributed by atoms with Gasteiger partial charge in [0.25, 0.3) is 10.2 Å². The topological polar surface area (TPSA) is 52.7 Å². The largest absolute Gasteiger partial charge is 0.317 e. The van der Waals surface area contributed by atoms with Gasteiger partial charge in [0.05, 0.1) is 0 Å². The van der Waals surface area contributed by atoms with Crippen LogP contribution in [0.2, 0.25) is 0 Å². The zero-order chi connectivity index (χ0) is 12.6. The van der Waals surface area contributed by atoms with Gasteiger partial charge in [0.2, 0.25) is 0 Å². The summed E-state index contributed by atoms with van der Waals surface area (Å²) in [5.41, 5.74) is 0. The average Bonchev–Trinajstić information content (AvgIpc) is 2.25. The molecule has 0 aliphatic rings. The van der Waals surface area contributed by atoms with Gasteiger partial charge in [0.15, 0.2) is 0 Å². The summed E-state index contributed by atoms with van der Waals surface area (Å²) >= 11 is 0. The van der Waals surface area contributed by atoms with E-state index >= 15 is 0 Å². The van der Waals surface area contributed by atoms with E-state index in [1.807, 2.05) is 20.8 Å². The van der Waals surface area contributed by atoms with Gasteiger partial charge in [-0.05, 0) is 19.5 Å². The second-order valence-corrected chi connectivity index (χ2v) is 5.66. The van der Waals surface area contributed by atoms with Crippen LogP contribution in [0.4, 0.5) is 0 Å². The van der Waals surface area contributed by atoms with E-state index in [1.165, 1.54) is 8.61 Å². The molecule has 0 aliphatic carbocycles. The van der Waals surface area contributed by atoms with Gasteiger partial charge in [-0.2, -0.15) is 17.0 Å². The standard InChI is InChI=1S/C10H25N3O2S/c1-5-11-9-8-10-12(4)16(14,15)13(6-2)7-3/h11H,5-10H2,1-4H3. The smallest absolute Gasteiger partial charge is 0.281 e. The van der Waals surface area contributed by atoms with Gasteiger partial charge in [-0.25, -0.2) is 0 Å². The number of hydrogen-bond donors (Lipinski definition) is 1. The minimum atomic E-state index is -3.25. The molecule has 0 atom stereocenters. The quantitative estimate of drug-likeness (QED) is 0.607. The molecule has 0 spiro atoms. The fourth-order valence-electron chi connectivity index (χ4n) is 1.47. The fraction of sp³-hybridized carbons (Fsp3) is 1.00. The van der Waals surface area contributed by atoms with Crippen LogP contribution >= 0.6 is 0 Å². The van der Waals surface area contributed by atoms with Crippen molar-refractivity contribution >= 4 is 10.2 Å². The van der Waals surface area contributed by atoms with E-state index in [0.717, 1.165) is 19.5 Å². The zero-order valence-electron chi connectivity index (χ0n) is 10.9. The van der Waals surface area contributed by atoms with Gasteiger partial charge in [0, 0.05) is 26.7 Å². The van der Waals surface area contributed by atoms with Gasteiger partial charge in [0.1, 0.15) is 0 Å². The molecule has 0 aromatic carbocycles. The summed E-state index contributed by atoms with van der Waals surface area (Å²) in [4.78, 5) is 0. The van der Waals surface area contributed by atoms with Crippen molar-refractivity contribution in [3.63, 3.8) is 0 Å². The Morgan fingerprint density at radius 2 is 1.69 bits per heavy atom. The third-order valence-corrected chi connectivity index (χ3v) is 4.64. The van der Waals surface area contributed by atoms with Gasteiger partial charge < -0.3 is 5.32 Å². The van der Waals surface area contributed by atoms with E-state index in [1.54, 1.807) is 7.05 Å². The lowest BCUT2D eigenvalue weighted by molar-refractivity contribution is 0.373. The van der Waals surface area contributed by atoms with Crippen molar-refractivity contribution in [1.29, 1.82) is 0 Å². The van der Waals surface area contributed by atoms with E-state index < -0.39 is 10.2 Å². The Balaban J connectivity index is 4.19. The van der Waals surface area contributed by atoms with Crippen LogP contribution in [0.3, 0.4) is 0 Å². The molecule has 0 radical (unpaired) electrons. The zero-order valence-corrected chi connectivity index (χ0v) is 11.7. The summed E-state index contributed by atoms with van der Waals surface area (Å²) in [5.74, 6) is 0. The minimum absolute atomic E-state index is 0.524. The van der Waals surface area contributed by atoms with Crippen LogP contribution in [0.5, 0.6) is 0 Å². The first-order chi connectivity index (χ1) is 7.50. The molecule has 0 unspecified atom stereocenters. The lowest BCUT2D eigenvalue weighted by Gasteiger charge is -2.25. The molecule has 0 saturated heterocycles. The van der Waals surface area contributed by atoms with Crippen LogP contribution in [0.25, 0.3) is 0 Å². The van der Waals surface area contributed by atoms with Crippen molar-refractivity contribution in [1.82, 2.24) is 13.9 Å². The van der Waals surface area contributed by atoms with Crippen LogP contribution in [-0.2, 0) is 10.2 Å². The summed E-state index contributed by atoms with van der Waals surface area (Å²) in [6, 6.07) is 0. The molecule has 0 amide bonds. The molecule has 0 fully saturated rings. The molecule has 16 heavy (non-hydrogen) atoms. The van der Waals surface area contributed by atoms with Crippen molar-refractivity contribution < 1.29 is 8.42 Å². The minimum Gasteiger partial charge on any atom is -0.317 e. The Bertz CT molecular complexity index is 263. The molecule has 5 nitrogen and oxygen atoms in total. The second-order valence-electron chi connectivity index (χ2n) is 3.62. The lowest BCUT2D eigenvalue weighted by atomic mass is 10.4. The first kappa shape index (κ1) is 15.8. The normalized spacial score (nSPS) is 12.6. The Labute approximate surface area is 100.0 Å². The number of hydrogen-bond acceptors (Lipinski definition) is 3. The summed E-state index contributed by atoms with van der Waals surface area (Å²) in [5, 5.41) is 3.18. The molecule has 6 heteroatoms. The molecular weight excluding hydrogens is 226 g/mol. The van der Waals surface area contributed by atoms with Crippen LogP contribution in [0.15, 0.2) is 0 Å². The van der Waals surface area contributed by atoms with Crippen molar-refractivity contribution in [2.45, 2.75) is 27.2 Å². The maximum Gasteiger partial charge on any atom is 0.281 e. The third-order valence-electron chi connectivity index (χ3n) is 2.50. The maximum absolute atomic E-state index is 12.0. The molecule has 0 saturated carbocycles. The number of rotatable bonds is 9. The van der Waals surface area contributed by atoms with Crippen LogP contribution in [0, 0.1) is 0 Å². The van der Waals surface area contributed by atoms with Gasteiger partial charge in [-0.3, -0.25) is 0 Å². The SMILES string of the molecule is CCNCCCN(C)S(=O)(=O)N(CC)CC. The summed E-state index contributed by atoms with van der Waals surface area (Å²) in [6.45, 7) is 9.14. The highest BCUT2D eigenvalue weighted by Gasteiger charge is 2.23. The van der Waals surface area contributed by atoms with E-state index in [9.17, 15) is 8.42 Å².